The van der Waals surface area contributed by atoms with Crippen LogP contribution in [0.25, 0.3) is 11.1 Å². The number of rotatable bonds is 3. The number of halogens is 1. The second kappa shape index (κ2) is 5.23. The van der Waals surface area contributed by atoms with E-state index in [-0.39, 0.29) is 4.90 Å². The van der Waals surface area contributed by atoms with Crippen LogP contribution in [0.5, 0.6) is 5.75 Å². The molecule has 0 unspecified atom stereocenters. The number of hydrogen-bond acceptors (Lipinski definition) is 3. The molecule has 100 valence electrons. The minimum atomic E-state index is -3.26. The first-order valence-electron chi connectivity index (χ1n) is 5.56. The van der Waals surface area contributed by atoms with Crippen LogP contribution in [0, 0.1) is 0 Å². The highest BCUT2D eigenvalue weighted by atomic mass is 35.5. The Bertz CT molecular complexity index is 708. The maximum Gasteiger partial charge on any atom is 0.175 e. The second-order valence-electron chi connectivity index (χ2n) is 4.11. The summed E-state index contributed by atoms with van der Waals surface area (Å²) < 4.78 is 28.2. The summed E-state index contributed by atoms with van der Waals surface area (Å²) in [6.07, 6.45) is 1.15. The van der Waals surface area contributed by atoms with Crippen LogP contribution in [0.3, 0.4) is 0 Å². The van der Waals surface area contributed by atoms with E-state index in [1.54, 1.807) is 19.2 Å². The summed E-state index contributed by atoms with van der Waals surface area (Å²) in [7, 11) is -1.67. The number of methoxy groups -OCH3 is 1. The van der Waals surface area contributed by atoms with Gasteiger partial charge in [0.25, 0.3) is 0 Å². The molecule has 0 aromatic heterocycles. The molecule has 0 aliphatic rings. The molecule has 3 nitrogen and oxygen atoms in total. The zero-order chi connectivity index (χ0) is 14.0. The van der Waals surface area contributed by atoms with Crippen LogP contribution in [0.2, 0.25) is 5.02 Å². The third-order valence-corrected chi connectivity index (χ3v) is 4.19. The number of para-hydroxylation sites is 1. The van der Waals surface area contributed by atoms with Crippen LogP contribution in [0.4, 0.5) is 0 Å². The van der Waals surface area contributed by atoms with Crippen molar-refractivity contribution in [2.75, 3.05) is 13.4 Å². The molecule has 2 aromatic rings. The molecule has 0 amide bonds. The Balaban J connectivity index is 2.59. The lowest BCUT2D eigenvalue weighted by Gasteiger charge is -2.10. The molecule has 2 rings (SSSR count). The molecule has 0 saturated heterocycles. The van der Waals surface area contributed by atoms with Crippen molar-refractivity contribution < 1.29 is 13.2 Å². The van der Waals surface area contributed by atoms with E-state index in [1.165, 1.54) is 6.07 Å². The van der Waals surface area contributed by atoms with Crippen LogP contribution < -0.4 is 4.74 Å². The molecule has 0 aliphatic carbocycles. The summed E-state index contributed by atoms with van der Waals surface area (Å²) in [5.74, 6) is 0.691. The fraction of sp³-hybridized carbons (Fsp3) is 0.143. The average Bonchev–Trinajstić information content (AvgIpc) is 2.37. The van der Waals surface area contributed by atoms with Crippen molar-refractivity contribution in [1.29, 1.82) is 0 Å². The number of hydrogen-bond donors (Lipinski definition) is 0. The smallest absolute Gasteiger partial charge is 0.175 e. The average molecular weight is 297 g/mol. The van der Waals surface area contributed by atoms with Gasteiger partial charge in [0.2, 0.25) is 0 Å². The van der Waals surface area contributed by atoms with Crippen molar-refractivity contribution in [1.82, 2.24) is 0 Å². The summed E-state index contributed by atoms with van der Waals surface area (Å²) in [4.78, 5) is 0.205. The molecule has 0 fully saturated rings. The normalized spacial score (nSPS) is 11.3. The standard InChI is InChI=1S/C14H13ClO3S/c1-18-14-6-4-3-5-12(14)11-8-7-10(9-13(11)15)19(2,16)17/h3-9H,1-2H3. The zero-order valence-corrected chi connectivity index (χ0v) is 12.1. The first kappa shape index (κ1) is 13.9. The monoisotopic (exact) mass is 296 g/mol. The quantitative estimate of drug-likeness (QED) is 0.871. The van der Waals surface area contributed by atoms with Gasteiger partial charge in [-0.15, -0.1) is 0 Å². The number of benzene rings is 2. The van der Waals surface area contributed by atoms with Crippen molar-refractivity contribution in [2.45, 2.75) is 4.90 Å². The van der Waals surface area contributed by atoms with Crippen molar-refractivity contribution in [3.63, 3.8) is 0 Å². The van der Waals surface area contributed by atoms with Crippen LogP contribution in [-0.4, -0.2) is 21.8 Å². The van der Waals surface area contributed by atoms with E-state index in [9.17, 15) is 8.42 Å². The van der Waals surface area contributed by atoms with Crippen molar-refractivity contribution >= 4 is 21.4 Å². The van der Waals surface area contributed by atoms with Gasteiger partial charge < -0.3 is 4.74 Å². The van der Waals surface area contributed by atoms with Crippen LogP contribution >= 0.6 is 11.6 Å². The van der Waals surface area contributed by atoms with Gasteiger partial charge in [-0.3, -0.25) is 0 Å². The summed E-state index contributed by atoms with van der Waals surface area (Å²) in [6, 6.07) is 12.1. The predicted molar refractivity (Wildman–Crippen MR) is 76.5 cm³/mol. The van der Waals surface area contributed by atoms with E-state index in [0.717, 1.165) is 17.4 Å². The van der Waals surface area contributed by atoms with Gasteiger partial charge in [-0.1, -0.05) is 35.9 Å². The molecule has 5 heteroatoms. The Kier molecular flexibility index (Phi) is 3.83. The Labute approximate surface area is 117 Å². The molecule has 0 N–H and O–H groups in total. The lowest BCUT2D eigenvalue weighted by molar-refractivity contribution is 0.416. The molecular weight excluding hydrogens is 284 g/mol. The fourth-order valence-corrected chi connectivity index (χ4v) is 2.81. The van der Waals surface area contributed by atoms with Crippen molar-refractivity contribution in [3.8, 4) is 16.9 Å². The largest absolute Gasteiger partial charge is 0.496 e. The zero-order valence-electron chi connectivity index (χ0n) is 10.6. The topological polar surface area (TPSA) is 43.4 Å². The van der Waals surface area contributed by atoms with Crippen LogP contribution in [0.1, 0.15) is 0 Å². The Morgan fingerprint density at radius 3 is 2.32 bits per heavy atom. The molecular formula is C14H13ClO3S. The molecule has 0 atom stereocenters. The summed E-state index contributed by atoms with van der Waals surface area (Å²) >= 11 is 6.18. The van der Waals surface area contributed by atoms with Gasteiger partial charge in [-0.25, -0.2) is 8.42 Å². The SMILES string of the molecule is COc1ccccc1-c1ccc(S(C)(=O)=O)cc1Cl. The third kappa shape index (κ3) is 2.91. The first-order chi connectivity index (χ1) is 8.93. The molecule has 0 radical (unpaired) electrons. The van der Waals surface area contributed by atoms with Gasteiger partial charge in [0.1, 0.15) is 5.75 Å². The molecule has 0 heterocycles. The maximum absolute atomic E-state index is 11.5. The van der Waals surface area contributed by atoms with Crippen molar-refractivity contribution in [2.24, 2.45) is 0 Å². The Morgan fingerprint density at radius 1 is 1.05 bits per heavy atom. The third-order valence-electron chi connectivity index (χ3n) is 2.77. The summed E-state index contributed by atoms with van der Waals surface area (Å²) in [5.41, 5.74) is 1.57. The van der Waals surface area contributed by atoms with Crippen LogP contribution in [0.15, 0.2) is 47.4 Å². The summed E-state index contributed by atoms with van der Waals surface area (Å²) in [6.45, 7) is 0. The molecule has 0 spiro atoms. The highest BCUT2D eigenvalue weighted by Gasteiger charge is 2.13. The molecule has 0 saturated carbocycles. The maximum atomic E-state index is 11.5. The van der Waals surface area contributed by atoms with E-state index >= 15 is 0 Å². The van der Waals surface area contributed by atoms with E-state index in [0.29, 0.717) is 10.8 Å². The number of ether oxygens (including phenoxy) is 1. The highest BCUT2D eigenvalue weighted by molar-refractivity contribution is 7.90. The molecule has 19 heavy (non-hydrogen) atoms. The highest BCUT2D eigenvalue weighted by Crippen LogP contribution is 2.35. The minimum absolute atomic E-state index is 0.205. The Morgan fingerprint density at radius 2 is 1.74 bits per heavy atom. The lowest BCUT2D eigenvalue weighted by atomic mass is 10.0. The molecule has 2 aromatic carbocycles. The lowest BCUT2D eigenvalue weighted by Crippen LogP contribution is -1.97. The van der Waals surface area contributed by atoms with E-state index in [2.05, 4.69) is 0 Å². The van der Waals surface area contributed by atoms with E-state index < -0.39 is 9.84 Å². The van der Waals surface area contributed by atoms with Crippen LogP contribution in [-0.2, 0) is 9.84 Å². The van der Waals surface area contributed by atoms with E-state index in [4.69, 9.17) is 16.3 Å². The van der Waals surface area contributed by atoms with E-state index in [1.807, 2.05) is 24.3 Å². The minimum Gasteiger partial charge on any atom is -0.496 e. The van der Waals surface area contributed by atoms with Gasteiger partial charge in [-0.05, 0) is 18.2 Å². The van der Waals surface area contributed by atoms with Gasteiger partial charge in [0.05, 0.1) is 12.0 Å². The van der Waals surface area contributed by atoms with Gasteiger partial charge in [0, 0.05) is 22.4 Å². The number of sulfone groups is 1. The second-order valence-corrected chi connectivity index (χ2v) is 6.54. The first-order valence-corrected chi connectivity index (χ1v) is 7.83. The van der Waals surface area contributed by atoms with Gasteiger partial charge >= 0.3 is 0 Å². The predicted octanol–water partition coefficient (Wildman–Crippen LogP) is 3.42. The fourth-order valence-electron chi connectivity index (χ4n) is 1.81. The Hall–Kier alpha value is -1.52. The van der Waals surface area contributed by atoms with Gasteiger partial charge in [-0.2, -0.15) is 0 Å². The summed E-state index contributed by atoms with van der Waals surface area (Å²) in [5, 5.41) is 0.382. The van der Waals surface area contributed by atoms with Crippen molar-refractivity contribution in [3.05, 3.63) is 47.5 Å². The van der Waals surface area contributed by atoms with Gasteiger partial charge in [0.15, 0.2) is 9.84 Å². The molecule has 0 bridgehead atoms. The molecule has 0 aliphatic heterocycles.